The lowest BCUT2D eigenvalue weighted by Crippen LogP contribution is -2.32. The van der Waals surface area contributed by atoms with Crippen molar-refractivity contribution in [3.8, 4) is 0 Å². The number of amides is 1. The Labute approximate surface area is 124 Å². The largest absolute Gasteiger partial charge is 0.343 e. The predicted molar refractivity (Wildman–Crippen MR) is 80.7 cm³/mol. The zero-order valence-electron chi connectivity index (χ0n) is 11.4. The van der Waals surface area contributed by atoms with Crippen molar-refractivity contribution in [3.05, 3.63) is 33.8 Å². The number of carbonyl (C=O) groups is 1. The van der Waals surface area contributed by atoms with Gasteiger partial charge >= 0.3 is 0 Å². The molecule has 19 heavy (non-hydrogen) atoms. The van der Waals surface area contributed by atoms with E-state index < -0.39 is 0 Å². The number of benzene rings is 1. The van der Waals surface area contributed by atoms with Crippen molar-refractivity contribution in [2.45, 2.75) is 26.8 Å². The molecule has 0 atom stereocenters. The van der Waals surface area contributed by atoms with Crippen LogP contribution in [0.2, 0.25) is 10.0 Å². The van der Waals surface area contributed by atoms with Gasteiger partial charge in [0, 0.05) is 32.6 Å². The Balaban J connectivity index is 2.35. The van der Waals surface area contributed by atoms with E-state index in [0.717, 1.165) is 18.7 Å². The van der Waals surface area contributed by atoms with Gasteiger partial charge in [0.25, 0.3) is 0 Å². The summed E-state index contributed by atoms with van der Waals surface area (Å²) in [7, 11) is 0. The van der Waals surface area contributed by atoms with Gasteiger partial charge in [0.2, 0.25) is 5.91 Å². The van der Waals surface area contributed by atoms with E-state index >= 15 is 0 Å². The molecule has 5 heteroatoms. The Morgan fingerprint density at radius 3 is 2.58 bits per heavy atom. The molecule has 1 aromatic carbocycles. The Hall–Kier alpha value is -0.770. The third kappa shape index (κ3) is 5.01. The molecule has 106 valence electrons. The highest BCUT2D eigenvalue weighted by molar-refractivity contribution is 6.42. The summed E-state index contributed by atoms with van der Waals surface area (Å²) in [5, 5.41) is 4.34. The Morgan fingerprint density at radius 1 is 1.26 bits per heavy atom. The molecule has 0 saturated heterocycles. The molecule has 3 nitrogen and oxygen atoms in total. The van der Waals surface area contributed by atoms with Gasteiger partial charge in [-0.25, -0.2) is 0 Å². The summed E-state index contributed by atoms with van der Waals surface area (Å²) in [6.45, 7) is 6.75. The maximum absolute atomic E-state index is 11.8. The standard InChI is InChI=1S/C14H20Cl2N2O/c1-3-18(4-2)13(19)8-9-17-10-11-6-5-7-12(15)14(11)16/h5-7,17H,3-4,8-10H2,1-2H3. The Morgan fingerprint density at radius 2 is 1.95 bits per heavy atom. The van der Waals surface area contributed by atoms with E-state index in [9.17, 15) is 4.79 Å². The van der Waals surface area contributed by atoms with Crippen LogP contribution in [0.25, 0.3) is 0 Å². The number of hydrogen-bond acceptors (Lipinski definition) is 2. The van der Waals surface area contributed by atoms with Crippen LogP contribution in [0.4, 0.5) is 0 Å². The minimum absolute atomic E-state index is 0.176. The lowest BCUT2D eigenvalue weighted by molar-refractivity contribution is -0.130. The molecule has 0 saturated carbocycles. The SMILES string of the molecule is CCN(CC)C(=O)CCNCc1cccc(Cl)c1Cl. The van der Waals surface area contributed by atoms with Gasteiger partial charge in [0.05, 0.1) is 10.0 Å². The summed E-state index contributed by atoms with van der Waals surface area (Å²) in [5.41, 5.74) is 0.949. The van der Waals surface area contributed by atoms with Gasteiger partial charge in [-0.3, -0.25) is 4.79 Å². The second-order valence-corrected chi connectivity index (χ2v) is 4.99. The third-order valence-electron chi connectivity index (χ3n) is 2.98. The first-order valence-corrected chi connectivity index (χ1v) is 7.27. The highest BCUT2D eigenvalue weighted by atomic mass is 35.5. The molecule has 0 aliphatic carbocycles. The van der Waals surface area contributed by atoms with E-state index in [0.29, 0.717) is 29.6 Å². The van der Waals surface area contributed by atoms with Gasteiger partial charge in [-0.2, -0.15) is 0 Å². The summed E-state index contributed by atoms with van der Waals surface area (Å²) in [4.78, 5) is 13.6. The van der Waals surface area contributed by atoms with Crippen molar-refractivity contribution < 1.29 is 4.79 Å². The van der Waals surface area contributed by atoms with Crippen LogP contribution in [0, 0.1) is 0 Å². The maximum atomic E-state index is 11.8. The molecular formula is C14H20Cl2N2O. The molecule has 0 unspecified atom stereocenters. The van der Waals surface area contributed by atoms with Gasteiger partial charge in [0.1, 0.15) is 0 Å². The number of nitrogens with zero attached hydrogens (tertiary/aromatic N) is 1. The second kappa shape index (κ2) is 8.41. The lowest BCUT2D eigenvalue weighted by Gasteiger charge is -2.18. The fourth-order valence-electron chi connectivity index (χ4n) is 1.84. The first-order chi connectivity index (χ1) is 9.10. The van der Waals surface area contributed by atoms with Crippen molar-refractivity contribution in [3.63, 3.8) is 0 Å². The molecule has 1 N–H and O–H groups in total. The maximum Gasteiger partial charge on any atom is 0.223 e. The fraction of sp³-hybridized carbons (Fsp3) is 0.500. The molecule has 0 radical (unpaired) electrons. The van der Waals surface area contributed by atoms with Crippen LogP contribution in [0.15, 0.2) is 18.2 Å². The monoisotopic (exact) mass is 302 g/mol. The smallest absolute Gasteiger partial charge is 0.223 e. The van der Waals surface area contributed by atoms with Gasteiger partial charge in [0.15, 0.2) is 0 Å². The molecule has 1 rings (SSSR count). The van der Waals surface area contributed by atoms with E-state index in [2.05, 4.69) is 5.32 Å². The summed E-state index contributed by atoms with van der Waals surface area (Å²) in [6, 6.07) is 5.55. The zero-order valence-corrected chi connectivity index (χ0v) is 12.9. The number of carbonyl (C=O) groups excluding carboxylic acids is 1. The molecule has 1 amide bonds. The molecule has 1 aromatic rings. The first-order valence-electron chi connectivity index (χ1n) is 6.51. The third-order valence-corrected chi connectivity index (χ3v) is 3.84. The molecule has 0 bridgehead atoms. The van der Waals surface area contributed by atoms with E-state index in [1.807, 2.05) is 30.9 Å². The van der Waals surface area contributed by atoms with Crippen molar-refractivity contribution in [1.29, 1.82) is 0 Å². The molecular weight excluding hydrogens is 283 g/mol. The van der Waals surface area contributed by atoms with Crippen molar-refractivity contribution >= 4 is 29.1 Å². The number of nitrogens with one attached hydrogen (secondary N) is 1. The van der Waals surface area contributed by atoms with E-state index in [-0.39, 0.29) is 5.91 Å². The quantitative estimate of drug-likeness (QED) is 0.784. The zero-order chi connectivity index (χ0) is 14.3. The minimum Gasteiger partial charge on any atom is -0.343 e. The highest BCUT2D eigenvalue weighted by Gasteiger charge is 2.09. The van der Waals surface area contributed by atoms with Gasteiger partial charge in [-0.1, -0.05) is 35.3 Å². The van der Waals surface area contributed by atoms with Crippen LogP contribution in [-0.2, 0) is 11.3 Å². The Bertz CT molecular complexity index is 420. The highest BCUT2D eigenvalue weighted by Crippen LogP contribution is 2.25. The summed E-state index contributed by atoms with van der Waals surface area (Å²) >= 11 is 12.0. The normalized spacial score (nSPS) is 10.5. The second-order valence-electron chi connectivity index (χ2n) is 4.21. The molecule has 0 heterocycles. The van der Waals surface area contributed by atoms with Crippen LogP contribution in [0.3, 0.4) is 0 Å². The number of hydrogen-bond donors (Lipinski definition) is 1. The molecule has 0 aliphatic heterocycles. The lowest BCUT2D eigenvalue weighted by atomic mass is 10.2. The van der Waals surface area contributed by atoms with E-state index in [1.165, 1.54) is 0 Å². The molecule has 0 fully saturated rings. The number of halogens is 2. The van der Waals surface area contributed by atoms with Gasteiger partial charge in [-0.05, 0) is 25.5 Å². The van der Waals surface area contributed by atoms with Crippen molar-refractivity contribution in [1.82, 2.24) is 10.2 Å². The topological polar surface area (TPSA) is 32.3 Å². The summed E-state index contributed by atoms with van der Waals surface area (Å²) in [5.74, 6) is 0.176. The van der Waals surface area contributed by atoms with Crippen LogP contribution in [-0.4, -0.2) is 30.4 Å². The average Bonchev–Trinajstić information content (AvgIpc) is 2.40. The average molecular weight is 303 g/mol. The molecule has 0 aromatic heterocycles. The fourth-order valence-corrected chi connectivity index (χ4v) is 2.22. The summed E-state index contributed by atoms with van der Waals surface area (Å²) in [6.07, 6.45) is 0.500. The predicted octanol–water partition coefficient (Wildman–Crippen LogP) is 3.34. The van der Waals surface area contributed by atoms with Crippen LogP contribution in [0.1, 0.15) is 25.8 Å². The van der Waals surface area contributed by atoms with Crippen LogP contribution < -0.4 is 5.32 Å². The molecule has 0 aliphatic rings. The number of rotatable bonds is 7. The van der Waals surface area contributed by atoms with E-state index in [4.69, 9.17) is 23.2 Å². The van der Waals surface area contributed by atoms with Gasteiger partial charge < -0.3 is 10.2 Å². The van der Waals surface area contributed by atoms with Crippen LogP contribution >= 0.6 is 23.2 Å². The van der Waals surface area contributed by atoms with Crippen molar-refractivity contribution in [2.24, 2.45) is 0 Å². The van der Waals surface area contributed by atoms with Gasteiger partial charge in [-0.15, -0.1) is 0 Å². The molecule has 0 spiro atoms. The minimum atomic E-state index is 0.176. The summed E-state index contributed by atoms with van der Waals surface area (Å²) < 4.78 is 0. The first kappa shape index (κ1) is 16.3. The van der Waals surface area contributed by atoms with Crippen molar-refractivity contribution in [2.75, 3.05) is 19.6 Å². The van der Waals surface area contributed by atoms with Crippen LogP contribution in [0.5, 0.6) is 0 Å². The van der Waals surface area contributed by atoms with E-state index in [1.54, 1.807) is 6.07 Å². The Kier molecular flexibility index (Phi) is 7.21.